The molecule has 7 heteroatoms. The molecule has 0 bridgehead atoms. The minimum absolute atomic E-state index is 0.0370. The van der Waals surface area contributed by atoms with Gasteiger partial charge in [0.25, 0.3) is 0 Å². The van der Waals surface area contributed by atoms with Crippen LogP contribution in [0, 0.1) is 0 Å². The monoisotopic (exact) mass is 353 g/mol. The summed E-state index contributed by atoms with van der Waals surface area (Å²) in [4.78, 5) is 16.2. The van der Waals surface area contributed by atoms with Crippen LogP contribution in [-0.2, 0) is 21.2 Å². The normalized spacial score (nSPS) is 17.8. The number of benzene rings is 1. The van der Waals surface area contributed by atoms with Gasteiger partial charge >= 0.3 is 0 Å². The number of amides is 1. The average molecular weight is 353 g/mol. The van der Waals surface area contributed by atoms with E-state index in [9.17, 15) is 13.2 Å². The van der Waals surface area contributed by atoms with Gasteiger partial charge in [0.05, 0.1) is 18.1 Å². The van der Waals surface area contributed by atoms with Crippen molar-refractivity contribution in [3.05, 3.63) is 35.9 Å². The van der Waals surface area contributed by atoms with Crippen LogP contribution in [0.5, 0.6) is 0 Å². The van der Waals surface area contributed by atoms with Gasteiger partial charge in [-0.15, -0.1) is 0 Å². The molecule has 24 heavy (non-hydrogen) atoms. The molecule has 1 N–H and O–H groups in total. The van der Waals surface area contributed by atoms with E-state index >= 15 is 0 Å². The standard InChI is InChI=1S/C17H27N3O3S/c1-2-19(14-16-6-4-3-5-7-16)9-8-18-17(21)15-20-10-12-24(22,23)13-11-20/h3-7H,2,8-15H2,1H3,(H,18,21). The summed E-state index contributed by atoms with van der Waals surface area (Å²) in [6, 6.07) is 10.3. The van der Waals surface area contributed by atoms with Crippen molar-refractivity contribution in [3.63, 3.8) is 0 Å². The molecule has 134 valence electrons. The van der Waals surface area contributed by atoms with E-state index in [0.717, 1.165) is 19.6 Å². The molecule has 1 heterocycles. The van der Waals surface area contributed by atoms with Gasteiger partial charge in [-0.05, 0) is 12.1 Å². The second-order valence-electron chi connectivity index (χ2n) is 6.13. The number of nitrogens with zero attached hydrogens (tertiary/aromatic N) is 2. The lowest BCUT2D eigenvalue weighted by atomic mass is 10.2. The van der Waals surface area contributed by atoms with Crippen LogP contribution in [-0.4, -0.2) is 74.9 Å². The van der Waals surface area contributed by atoms with Crippen molar-refractivity contribution in [2.45, 2.75) is 13.5 Å². The maximum Gasteiger partial charge on any atom is 0.234 e. The van der Waals surface area contributed by atoms with Crippen molar-refractivity contribution >= 4 is 15.7 Å². The Bertz CT molecular complexity index is 605. The Morgan fingerprint density at radius 3 is 2.50 bits per heavy atom. The number of sulfone groups is 1. The Hall–Kier alpha value is -1.44. The molecule has 0 aromatic heterocycles. The third-order valence-corrected chi connectivity index (χ3v) is 5.86. The van der Waals surface area contributed by atoms with E-state index in [0.29, 0.717) is 19.6 Å². The molecule has 1 aromatic rings. The first-order chi connectivity index (χ1) is 11.5. The molecule has 0 radical (unpaired) electrons. The van der Waals surface area contributed by atoms with Gasteiger partial charge in [0, 0.05) is 32.7 Å². The van der Waals surface area contributed by atoms with Crippen LogP contribution in [0.4, 0.5) is 0 Å². The van der Waals surface area contributed by atoms with E-state index in [1.807, 2.05) is 23.1 Å². The Balaban J connectivity index is 1.66. The van der Waals surface area contributed by atoms with Crippen molar-refractivity contribution in [2.75, 3.05) is 50.8 Å². The Morgan fingerprint density at radius 2 is 1.88 bits per heavy atom. The van der Waals surface area contributed by atoms with Crippen LogP contribution in [0.15, 0.2) is 30.3 Å². The molecule has 6 nitrogen and oxygen atoms in total. The average Bonchev–Trinajstić information content (AvgIpc) is 2.57. The highest BCUT2D eigenvalue weighted by atomic mass is 32.2. The largest absolute Gasteiger partial charge is 0.354 e. The van der Waals surface area contributed by atoms with E-state index < -0.39 is 9.84 Å². The summed E-state index contributed by atoms with van der Waals surface area (Å²) < 4.78 is 22.8. The van der Waals surface area contributed by atoms with Gasteiger partial charge in [-0.1, -0.05) is 37.3 Å². The summed E-state index contributed by atoms with van der Waals surface area (Å²) in [7, 11) is -2.89. The molecular weight excluding hydrogens is 326 g/mol. The maximum atomic E-state index is 12.0. The lowest BCUT2D eigenvalue weighted by molar-refractivity contribution is -0.122. The van der Waals surface area contributed by atoms with E-state index in [4.69, 9.17) is 0 Å². The second-order valence-corrected chi connectivity index (χ2v) is 8.44. The predicted molar refractivity (Wildman–Crippen MR) is 95.5 cm³/mol. The van der Waals surface area contributed by atoms with Crippen LogP contribution < -0.4 is 5.32 Å². The van der Waals surface area contributed by atoms with Crippen molar-refractivity contribution in [1.29, 1.82) is 0 Å². The van der Waals surface area contributed by atoms with Crippen LogP contribution in [0.1, 0.15) is 12.5 Å². The molecule has 1 aromatic carbocycles. The van der Waals surface area contributed by atoms with Crippen LogP contribution in [0.25, 0.3) is 0 Å². The number of rotatable bonds is 8. The number of carbonyl (C=O) groups is 1. The van der Waals surface area contributed by atoms with E-state index in [2.05, 4.69) is 29.3 Å². The second kappa shape index (κ2) is 9.15. The molecular formula is C17H27N3O3S. The summed E-state index contributed by atoms with van der Waals surface area (Å²) >= 11 is 0. The van der Waals surface area contributed by atoms with Crippen molar-refractivity contribution in [1.82, 2.24) is 15.1 Å². The Kier molecular flexibility index (Phi) is 7.20. The summed E-state index contributed by atoms with van der Waals surface area (Å²) in [6.07, 6.45) is 0. The van der Waals surface area contributed by atoms with E-state index in [-0.39, 0.29) is 24.0 Å². The molecule has 0 unspecified atom stereocenters. The Morgan fingerprint density at radius 1 is 1.21 bits per heavy atom. The fourth-order valence-corrected chi connectivity index (χ4v) is 3.99. The van der Waals surface area contributed by atoms with Crippen LogP contribution >= 0.6 is 0 Å². The predicted octanol–water partition coefficient (Wildman–Crippen LogP) is 0.355. The molecule has 0 atom stereocenters. The summed E-state index contributed by atoms with van der Waals surface area (Å²) in [6.45, 7) is 6.48. The van der Waals surface area contributed by atoms with Gasteiger partial charge in [0.2, 0.25) is 5.91 Å². The molecule has 0 spiro atoms. The molecule has 0 saturated carbocycles. The lowest BCUT2D eigenvalue weighted by Gasteiger charge is -2.26. The highest BCUT2D eigenvalue weighted by molar-refractivity contribution is 7.91. The minimum Gasteiger partial charge on any atom is -0.354 e. The topological polar surface area (TPSA) is 69.7 Å². The molecule has 1 aliphatic heterocycles. The SMILES string of the molecule is CCN(CCNC(=O)CN1CCS(=O)(=O)CC1)Cc1ccccc1. The van der Waals surface area contributed by atoms with Crippen molar-refractivity contribution in [2.24, 2.45) is 0 Å². The third kappa shape index (κ3) is 6.59. The summed E-state index contributed by atoms with van der Waals surface area (Å²) in [5.74, 6) is 0.270. The number of hydrogen-bond acceptors (Lipinski definition) is 5. The zero-order valence-corrected chi connectivity index (χ0v) is 15.1. The molecule has 1 saturated heterocycles. The number of likely N-dealkylation sites (N-methyl/N-ethyl adjacent to an activating group) is 1. The van der Waals surface area contributed by atoms with Gasteiger partial charge in [0.15, 0.2) is 9.84 Å². The van der Waals surface area contributed by atoms with Crippen LogP contribution in [0.2, 0.25) is 0 Å². The summed E-state index contributed by atoms with van der Waals surface area (Å²) in [5, 5.41) is 2.93. The van der Waals surface area contributed by atoms with Gasteiger partial charge in [0.1, 0.15) is 0 Å². The molecule has 1 amide bonds. The zero-order valence-electron chi connectivity index (χ0n) is 14.3. The fourth-order valence-electron chi connectivity index (χ4n) is 2.71. The highest BCUT2D eigenvalue weighted by Crippen LogP contribution is 2.04. The minimum atomic E-state index is -2.89. The number of nitrogens with one attached hydrogen (secondary N) is 1. The first-order valence-corrected chi connectivity index (χ1v) is 10.3. The third-order valence-electron chi connectivity index (χ3n) is 4.25. The highest BCUT2D eigenvalue weighted by Gasteiger charge is 2.22. The van der Waals surface area contributed by atoms with Gasteiger partial charge < -0.3 is 5.32 Å². The smallest absolute Gasteiger partial charge is 0.234 e. The maximum absolute atomic E-state index is 12.0. The molecule has 1 aliphatic rings. The van der Waals surface area contributed by atoms with E-state index in [1.165, 1.54) is 5.56 Å². The first kappa shape index (κ1) is 18.9. The zero-order chi connectivity index (χ0) is 17.4. The van der Waals surface area contributed by atoms with Gasteiger partial charge in [-0.2, -0.15) is 0 Å². The Labute approximate surface area is 144 Å². The lowest BCUT2D eigenvalue weighted by Crippen LogP contribution is -2.46. The molecule has 0 aliphatic carbocycles. The summed E-state index contributed by atoms with van der Waals surface area (Å²) in [5.41, 5.74) is 1.26. The fraction of sp³-hybridized carbons (Fsp3) is 0.588. The molecule has 1 fully saturated rings. The quantitative estimate of drug-likeness (QED) is 0.731. The first-order valence-electron chi connectivity index (χ1n) is 8.44. The van der Waals surface area contributed by atoms with Gasteiger partial charge in [-0.25, -0.2) is 8.42 Å². The van der Waals surface area contributed by atoms with Gasteiger partial charge in [-0.3, -0.25) is 14.6 Å². The number of carbonyl (C=O) groups excluding carboxylic acids is 1. The number of hydrogen-bond donors (Lipinski definition) is 1. The van der Waals surface area contributed by atoms with Crippen molar-refractivity contribution in [3.8, 4) is 0 Å². The van der Waals surface area contributed by atoms with Crippen LogP contribution in [0.3, 0.4) is 0 Å². The van der Waals surface area contributed by atoms with E-state index in [1.54, 1.807) is 0 Å². The van der Waals surface area contributed by atoms with Crippen molar-refractivity contribution < 1.29 is 13.2 Å². The molecule has 2 rings (SSSR count).